The zero-order valence-corrected chi connectivity index (χ0v) is 14.2. The number of carbonyl (C=O) groups excluding carboxylic acids is 2. The molecule has 5 nitrogen and oxygen atoms in total. The molecule has 7 heteroatoms. The van der Waals surface area contributed by atoms with Gasteiger partial charge >= 0.3 is 0 Å². The zero-order chi connectivity index (χ0) is 16.3. The summed E-state index contributed by atoms with van der Waals surface area (Å²) in [6.07, 6.45) is 1.64. The Morgan fingerprint density at radius 2 is 1.95 bits per heavy atom. The molecule has 1 unspecified atom stereocenters. The van der Waals surface area contributed by atoms with Gasteiger partial charge in [0.15, 0.2) is 15.0 Å². The SMILES string of the molecule is CC(=O)SCC1CC(=O)N(Cc2ccc(S(C)(=O)=O)cc2)C1. The van der Waals surface area contributed by atoms with Crippen LogP contribution < -0.4 is 0 Å². The Balaban J connectivity index is 1.96. The first-order valence-electron chi connectivity index (χ1n) is 6.96. The maximum absolute atomic E-state index is 12.0. The summed E-state index contributed by atoms with van der Waals surface area (Å²) in [6.45, 7) is 2.65. The average Bonchev–Trinajstić information content (AvgIpc) is 2.77. The van der Waals surface area contributed by atoms with Crippen molar-refractivity contribution in [2.45, 2.75) is 24.8 Å². The molecule has 0 radical (unpaired) electrons. The summed E-state index contributed by atoms with van der Waals surface area (Å²) < 4.78 is 22.8. The fourth-order valence-corrected chi connectivity index (χ4v) is 3.74. The lowest BCUT2D eigenvalue weighted by molar-refractivity contribution is -0.128. The first kappa shape index (κ1) is 17.0. The van der Waals surface area contributed by atoms with Crippen molar-refractivity contribution in [3.8, 4) is 0 Å². The van der Waals surface area contributed by atoms with E-state index in [2.05, 4.69) is 0 Å². The van der Waals surface area contributed by atoms with E-state index in [9.17, 15) is 18.0 Å². The predicted octanol–water partition coefficient (Wildman–Crippen LogP) is 1.72. The molecule has 0 spiro atoms. The Morgan fingerprint density at radius 1 is 1.32 bits per heavy atom. The highest BCUT2D eigenvalue weighted by Gasteiger charge is 2.29. The number of benzene rings is 1. The maximum atomic E-state index is 12.0. The van der Waals surface area contributed by atoms with Gasteiger partial charge in [-0.2, -0.15) is 0 Å². The lowest BCUT2D eigenvalue weighted by Crippen LogP contribution is -2.24. The largest absolute Gasteiger partial charge is 0.338 e. The molecule has 1 aromatic carbocycles. The van der Waals surface area contributed by atoms with Gasteiger partial charge in [-0.05, 0) is 23.6 Å². The Bertz CT molecular complexity index is 667. The first-order chi connectivity index (χ1) is 10.3. The molecule has 0 bridgehead atoms. The van der Waals surface area contributed by atoms with Gasteiger partial charge in [0.05, 0.1) is 4.90 Å². The van der Waals surface area contributed by atoms with Crippen molar-refractivity contribution in [2.24, 2.45) is 5.92 Å². The van der Waals surface area contributed by atoms with Crippen LogP contribution in [0.5, 0.6) is 0 Å². The van der Waals surface area contributed by atoms with Crippen molar-refractivity contribution in [1.29, 1.82) is 0 Å². The quantitative estimate of drug-likeness (QED) is 0.815. The summed E-state index contributed by atoms with van der Waals surface area (Å²) in [7, 11) is -3.20. The van der Waals surface area contributed by atoms with Crippen LogP contribution in [0.25, 0.3) is 0 Å². The smallest absolute Gasteiger partial charge is 0.223 e. The molecule has 1 aliphatic heterocycles. The van der Waals surface area contributed by atoms with Crippen molar-refractivity contribution in [3.63, 3.8) is 0 Å². The number of amides is 1. The van der Waals surface area contributed by atoms with E-state index >= 15 is 0 Å². The van der Waals surface area contributed by atoms with E-state index < -0.39 is 9.84 Å². The topological polar surface area (TPSA) is 71.5 Å². The molecule has 0 N–H and O–H groups in total. The third-order valence-corrected chi connectivity index (χ3v) is 5.71. The molecule has 1 atom stereocenters. The molecule has 0 saturated carbocycles. The van der Waals surface area contributed by atoms with Gasteiger partial charge in [0.2, 0.25) is 5.91 Å². The molecule has 1 saturated heterocycles. The van der Waals surface area contributed by atoms with Gasteiger partial charge in [-0.25, -0.2) is 8.42 Å². The molecule has 1 aliphatic rings. The maximum Gasteiger partial charge on any atom is 0.223 e. The highest BCUT2D eigenvalue weighted by Crippen LogP contribution is 2.24. The van der Waals surface area contributed by atoms with E-state index in [0.29, 0.717) is 25.3 Å². The predicted molar refractivity (Wildman–Crippen MR) is 86.2 cm³/mol. The first-order valence-corrected chi connectivity index (χ1v) is 9.83. The number of thioether (sulfide) groups is 1. The van der Waals surface area contributed by atoms with Crippen LogP contribution in [0.2, 0.25) is 0 Å². The van der Waals surface area contributed by atoms with Crippen molar-refractivity contribution in [2.75, 3.05) is 18.6 Å². The Kier molecular flexibility index (Phi) is 5.28. The minimum Gasteiger partial charge on any atom is -0.338 e. The summed E-state index contributed by atoms with van der Waals surface area (Å²) in [4.78, 5) is 25.0. The Morgan fingerprint density at radius 3 is 2.50 bits per heavy atom. The summed E-state index contributed by atoms with van der Waals surface area (Å²) in [6, 6.07) is 6.60. The summed E-state index contributed by atoms with van der Waals surface area (Å²) in [5.74, 6) is 0.961. The normalized spacial score (nSPS) is 18.7. The summed E-state index contributed by atoms with van der Waals surface area (Å²) in [5, 5.41) is 0.0715. The van der Waals surface area contributed by atoms with Crippen LogP contribution >= 0.6 is 11.8 Å². The van der Waals surface area contributed by atoms with E-state index in [4.69, 9.17) is 0 Å². The summed E-state index contributed by atoms with van der Waals surface area (Å²) in [5.41, 5.74) is 0.903. The molecule has 0 aromatic heterocycles. The van der Waals surface area contributed by atoms with Gasteiger partial charge in [0.1, 0.15) is 0 Å². The highest BCUT2D eigenvalue weighted by molar-refractivity contribution is 8.13. The van der Waals surface area contributed by atoms with Crippen molar-refractivity contribution in [1.82, 2.24) is 4.90 Å². The second kappa shape index (κ2) is 6.83. The van der Waals surface area contributed by atoms with Gasteiger partial charge in [-0.15, -0.1) is 0 Å². The number of rotatable bonds is 5. The van der Waals surface area contributed by atoms with Crippen LogP contribution in [0.4, 0.5) is 0 Å². The molecule has 1 fully saturated rings. The molecule has 22 heavy (non-hydrogen) atoms. The van der Waals surface area contributed by atoms with Crippen LogP contribution in [0.15, 0.2) is 29.2 Å². The second-order valence-corrected chi connectivity index (χ2v) is 8.78. The monoisotopic (exact) mass is 341 g/mol. The molecule has 120 valence electrons. The average molecular weight is 341 g/mol. The van der Waals surface area contributed by atoms with E-state index in [1.807, 2.05) is 0 Å². The number of hydrogen-bond donors (Lipinski definition) is 0. The minimum absolute atomic E-state index is 0.0715. The van der Waals surface area contributed by atoms with Crippen LogP contribution in [-0.4, -0.2) is 42.9 Å². The van der Waals surface area contributed by atoms with Gasteiger partial charge in [0.25, 0.3) is 0 Å². The molecule has 1 aromatic rings. The number of sulfone groups is 1. The van der Waals surface area contributed by atoms with Crippen molar-refractivity contribution >= 4 is 32.6 Å². The number of hydrogen-bond acceptors (Lipinski definition) is 5. The molecule has 1 heterocycles. The number of nitrogens with zero attached hydrogens (tertiary/aromatic N) is 1. The lowest BCUT2D eigenvalue weighted by atomic mass is 10.1. The molecular weight excluding hydrogens is 322 g/mol. The Hall–Kier alpha value is -1.34. The molecule has 0 aliphatic carbocycles. The van der Waals surface area contributed by atoms with Crippen LogP contribution in [0.1, 0.15) is 18.9 Å². The van der Waals surface area contributed by atoms with Crippen molar-refractivity contribution < 1.29 is 18.0 Å². The number of likely N-dealkylation sites (tertiary alicyclic amines) is 1. The van der Waals surface area contributed by atoms with Crippen LogP contribution in [0, 0.1) is 5.92 Å². The standard InChI is InChI=1S/C15H19NO4S2/c1-11(17)21-10-13-7-15(18)16(9-13)8-12-3-5-14(6-4-12)22(2,19)20/h3-6,13H,7-10H2,1-2H3. The van der Waals surface area contributed by atoms with Crippen LogP contribution in [-0.2, 0) is 26.0 Å². The fraction of sp³-hybridized carbons (Fsp3) is 0.467. The molecule has 1 amide bonds. The lowest BCUT2D eigenvalue weighted by Gasteiger charge is -2.16. The zero-order valence-electron chi connectivity index (χ0n) is 12.6. The molecule has 2 rings (SSSR count). The van der Waals surface area contributed by atoms with E-state index in [1.54, 1.807) is 29.2 Å². The van der Waals surface area contributed by atoms with Gasteiger partial charge in [-0.1, -0.05) is 23.9 Å². The summed E-state index contributed by atoms with van der Waals surface area (Å²) >= 11 is 1.26. The van der Waals surface area contributed by atoms with Crippen molar-refractivity contribution in [3.05, 3.63) is 29.8 Å². The highest BCUT2D eigenvalue weighted by atomic mass is 32.2. The minimum atomic E-state index is -3.20. The third kappa shape index (κ3) is 4.58. The van der Waals surface area contributed by atoms with E-state index in [1.165, 1.54) is 24.9 Å². The third-order valence-electron chi connectivity index (χ3n) is 3.54. The Labute approximate surface area is 135 Å². The van der Waals surface area contributed by atoms with E-state index in [-0.39, 0.29) is 21.8 Å². The molecular formula is C15H19NO4S2. The van der Waals surface area contributed by atoms with Gasteiger partial charge in [-0.3, -0.25) is 9.59 Å². The van der Waals surface area contributed by atoms with E-state index in [0.717, 1.165) is 5.56 Å². The fourth-order valence-electron chi connectivity index (χ4n) is 2.42. The van der Waals surface area contributed by atoms with Gasteiger partial charge < -0.3 is 4.90 Å². The second-order valence-electron chi connectivity index (χ2n) is 5.56. The van der Waals surface area contributed by atoms with Gasteiger partial charge in [0, 0.05) is 38.4 Å². The van der Waals surface area contributed by atoms with Crippen LogP contribution in [0.3, 0.4) is 0 Å². The number of carbonyl (C=O) groups is 2.